The zero-order valence-corrected chi connectivity index (χ0v) is 19.2. The first-order chi connectivity index (χ1) is 15.4. The number of hydrogen-bond donors (Lipinski definition) is 1. The lowest BCUT2D eigenvalue weighted by molar-refractivity contribution is 0.0204. The first-order valence-electron chi connectivity index (χ1n) is 10.8. The lowest BCUT2D eigenvalue weighted by atomic mass is 9.99. The summed E-state index contributed by atoms with van der Waals surface area (Å²) in [4.78, 5) is 18.5. The van der Waals surface area contributed by atoms with Gasteiger partial charge in [-0.05, 0) is 42.8 Å². The standard InChI is InChI=1S/C22H30N6O4/c1-6-22(2,3)28-20(24-25-26-28)19(27-7-9-32-10-8-27)15-11-14-12-17(30-4)18(31-5)13-16(14)23-21(15)29/h11-13,19H,6-10H2,1-5H3,(H,23,29). The van der Waals surface area contributed by atoms with Crippen molar-refractivity contribution in [3.63, 3.8) is 0 Å². The van der Waals surface area contributed by atoms with Crippen molar-refractivity contribution in [1.82, 2.24) is 30.1 Å². The molecule has 0 aliphatic carbocycles. The molecule has 1 aliphatic rings. The highest BCUT2D eigenvalue weighted by Gasteiger charge is 2.35. The third kappa shape index (κ3) is 3.95. The molecule has 1 fully saturated rings. The first kappa shape index (κ1) is 22.2. The molecular formula is C22H30N6O4. The third-order valence-corrected chi connectivity index (χ3v) is 6.26. The summed E-state index contributed by atoms with van der Waals surface area (Å²) in [7, 11) is 3.16. The predicted octanol–water partition coefficient (Wildman–Crippen LogP) is 2.10. The van der Waals surface area contributed by atoms with Crippen LogP contribution in [0.3, 0.4) is 0 Å². The quantitative estimate of drug-likeness (QED) is 0.593. The number of aromatic nitrogens is 5. The smallest absolute Gasteiger partial charge is 0.253 e. The molecule has 1 atom stereocenters. The summed E-state index contributed by atoms with van der Waals surface area (Å²) in [5, 5.41) is 13.5. The van der Waals surface area contributed by atoms with Crippen molar-refractivity contribution < 1.29 is 14.2 Å². The van der Waals surface area contributed by atoms with Crippen LogP contribution in [0.4, 0.5) is 0 Å². The van der Waals surface area contributed by atoms with Gasteiger partial charge in [-0.2, -0.15) is 0 Å². The van der Waals surface area contributed by atoms with Gasteiger partial charge in [0.15, 0.2) is 17.3 Å². The van der Waals surface area contributed by atoms with E-state index in [-0.39, 0.29) is 11.1 Å². The van der Waals surface area contributed by atoms with Crippen molar-refractivity contribution in [1.29, 1.82) is 0 Å². The second kappa shape index (κ2) is 8.87. The minimum atomic E-state index is -0.416. The van der Waals surface area contributed by atoms with Crippen molar-refractivity contribution in [3.8, 4) is 11.5 Å². The number of nitrogens with zero attached hydrogens (tertiary/aromatic N) is 5. The minimum Gasteiger partial charge on any atom is -0.493 e. The molecule has 10 heteroatoms. The normalized spacial score (nSPS) is 16.3. The van der Waals surface area contributed by atoms with E-state index in [4.69, 9.17) is 14.2 Å². The molecule has 1 aromatic carbocycles. The van der Waals surface area contributed by atoms with E-state index in [0.29, 0.717) is 54.7 Å². The zero-order chi connectivity index (χ0) is 22.9. The van der Waals surface area contributed by atoms with Crippen molar-refractivity contribution in [2.45, 2.75) is 38.8 Å². The van der Waals surface area contributed by atoms with Gasteiger partial charge < -0.3 is 19.2 Å². The number of fused-ring (bicyclic) bond motifs is 1. The van der Waals surface area contributed by atoms with Crippen LogP contribution in [0, 0.1) is 0 Å². The summed E-state index contributed by atoms with van der Waals surface area (Å²) in [5.74, 6) is 1.80. The predicted molar refractivity (Wildman–Crippen MR) is 119 cm³/mol. The Kier molecular flexibility index (Phi) is 6.16. The maximum atomic E-state index is 13.3. The molecule has 0 spiro atoms. The number of benzene rings is 1. The van der Waals surface area contributed by atoms with Crippen LogP contribution in [0.2, 0.25) is 0 Å². The molecular weight excluding hydrogens is 412 g/mol. The molecule has 32 heavy (non-hydrogen) atoms. The number of pyridine rings is 1. The molecule has 4 rings (SSSR count). The summed E-state index contributed by atoms with van der Waals surface area (Å²) >= 11 is 0. The Balaban J connectivity index is 1.91. The summed E-state index contributed by atoms with van der Waals surface area (Å²) in [6, 6.07) is 5.12. The number of nitrogens with one attached hydrogen (secondary N) is 1. The topological polar surface area (TPSA) is 107 Å². The van der Waals surface area contributed by atoms with Gasteiger partial charge in [-0.3, -0.25) is 9.69 Å². The summed E-state index contributed by atoms with van der Waals surface area (Å²) in [5.41, 5.74) is 0.758. The molecule has 3 heterocycles. The zero-order valence-electron chi connectivity index (χ0n) is 19.2. The van der Waals surface area contributed by atoms with Crippen LogP contribution in [-0.4, -0.2) is 70.6 Å². The van der Waals surface area contributed by atoms with E-state index in [0.717, 1.165) is 11.8 Å². The average Bonchev–Trinajstić information content (AvgIpc) is 3.30. The fourth-order valence-corrected chi connectivity index (χ4v) is 4.03. The Morgan fingerprint density at radius 3 is 2.50 bits per heavy atom. The highest BCUT2D eigenvalue weighted by molar-refractivity contribution is 5.83. The van der Waals surface area contributed by atoms with Gasteiger partial charge in [-0.1, -0.05) is 6.92 Å². The molecule has 0 radical (unpaired) electrons. The van der Waals surface area contributed by atoms with Gasteiger partial charge in [0.1, 0.15) is 6.04 Å². The number of tetrazole rings is 1. The van der Waals surface area contributed by atoms with Gasteiger partial charge in [0.2, 0.25) is 0 Å². The van der Waals surface area contributed by atoms with Crippen LogP contribution in [0.5, 0.6) is 11.5 Å². The van der Waals surface area contributed by atoms with Crippen LogP contribution < -0.4 is 15.0 Å². The van der Waals surface area contributed by atoms with Gasteiger partial charge in [-0.25, -0.2) is 4.68 Å². The number of morpholine rings is 1. The van der Waals surface area contributed by atoms with Crippen molar-refractivity contribution in [2.24, 2.45) is 0 Å². The van der Waals surface area contributed by atoms with E-state index in [1.165, 1.54) is 0 Å². The molecule has 0 bridgehead atoms. The number of ether oxygens (including phenoxy) is 3. The van der Waals surface area contributed by atoms with Crippen LogP contribution in [0.15, 0.2) is 23.0 Å². The highest BCUT2D eigenvalue weighted by Crippen LogP contribution is 2.34. The molecule has 1 saturated heterocycles. The van der Waals surface area contributed by atoms with E-state index in [1.54, 1.807) is 20.3 Å². The SMILES string of the molecule is CCC(C)(C)n1nnnc1C(c1cc2cc(OC)c(OC)cc2[nH]c1=O)N1CCOCC1. The molecule has 3 aromatic rings. The number of rotatable bonds is 7. The van der Waals surface area contributed by atoms with Crippen molar-refractivity contribution >= 4 is 10.9 Å². The van der Waals surface area contributed by atoms with Gasteiger partial charge in [-0.15, -0.1) is 5.10 Å². The van der Waals surface area contributed by atoms with E-state index in [2.05, 4.69) is 46.2 Å². The summed E-state index contributed by atoms with van der Waals surface area (Å²) in [6.07, 6.45) is 0.839. The second-order valence-corrected chi connectivity index (χ2v) is 8.51. The maximum Gasteiger partial charge on any atom is 0.253 e. The average molecular weight is 443 g/mol. The van der Waals surface area contributed by atoms with Crippen LogP contribution in [0.1, 0.15) is 44.6 Å². The second-order valence-electron chi connectivity index (χ2n) is 8.51. The Labute approximate surface area is 186 Å². The van der Waals surface area contributed by atoms with Crippen molar-refractivity contribution in [3.05, 3.63) is 39.9 Å². The first-order valence-corrected chi connectivity index (χ1v) is 10.8. The van der Waals surface area contributed by atoms with E-state index >= 15 is 0 Å². The number of methoxy groups -OCH3 is 2. The molecule has 0 saturated carbocycles. The van der Waals surface area contributed by atoms with Gasteiger partial charge >= 0.3 is 0 Å². The van der Waals surface area contributed by atoms with Gasteiger partial charge in [0.25, 0.3) is 5.56 Å². The fourth-order valence-electron chi connectivity index (χ4n) is 4.03. The maximum absolute atomic E-state index is 13.3. The van der Waals surface area contributed by atoms with E-state index in [9.17, 15) is 4.79 Å². The fraction of sp³-hybridized carbons (Fsp3) is 0.545. The van der Waals surface area contributed by atoms with E-state index in [1.807, 2.05) is 16.8 Å². The molecule has 2 aromatic heterocycles. The summed E-state index contributed by atoms with van der Waals surface area (Å²) in [6.45, 7) is 8.80. The highest BCUT2D eigenvalue weighted by atomic mass is 16.5. The lowest BCUT2D eigenvalue weighted by Crippen LogP contribution is -2.43. The molecule has 1 unspecified atom stereocenters. The van der Waals surface area contributed by atoms with Crippen LogP contribution in [0.25, 0.3) is 10.9 Å². The minimum absolute atomic E-state index is 0.190. The van der Waals surface area contributed by atoms with E-state index < -0.39 is 6.04 Å². The number of H-pyrrole nitrogens is 1. The molecule has 0 amide bonds. The summed E-state index contributed by atoms with van der Waals surface area (Å²) < 4.78 is 18.2. The number of hydrogen-bond acceptors (Lipinski definition) is 8. The lowest BCUT2D eigenvalue weighted by Gasteiger charge is -2.35. The van der Waals surface area contributed by atoms with Gasteiger partial charge in [0.05, 0.1) is 38.5 Å². The Bertz CT molecular complexity index is 1150. The van der Waals surface area contributed by atoms with Crippen LogP contribution >= 0.6 is 0 Å². The molecule has 1 N–H and O–H groups in total. The molecule has 172 valence electrons. The number of aromatic amines is 1. The molecule has 1 aliphatic heterocycles. The Morgan fingerprint density at radius 1 is 1.16 bits per heavy atom. The molecule has 10 nitrogen and oxygen atoms in total. The van der Waals surface area contributed by atoms with Crippen molar-refractivity contribution in [2.75, 3.05) is 40.5 Å². The largest absolute Gasteiger partial charge is 0.493 e. The Morgan fingerprint density at radius 2 is 1.84 bits per heavy atom. The van der Waals surface area contributed by atoms with Gasteiger partial charge in [0, 0.05) is 30.1 Å². The Hall–Kier alpha value is -2.98. The monoisotopic (exact) mass is 442 g/mol. The van der Waals surface area contributed by atoms with Crippen LogP contribution in [-0.2, 0) is 10.3 Å². The third-order valence-electron chi connectivity index (χ3n) is 6.26.